The number of rotatable bonds is 3. The standard InChI is InChI=1S/C12H9ClN6S2/c13-7-1-3-8(4-2-7)20-6-10-16-17-12-19(10)18-11(15)9(5-14)21-12/h1-4,18H,6,15H2. The van der Waals surface area contributed by atoms with E-state index in [0.717, 1.165) is 10.7 Å². The largest absolute Gasteiger partial charge is 0.383 e. The Kier molecular flexibility index (Phi) is 3.96. The van der Waals surface area contributed by atoms with Crippen LogP contribution in [0.2, 0.25) is 5.02 Å². The molecule has 1 aromatic heterocycles. The first-order chi connectivity index (χ1) is 10.2. The van der Waals surface area contributed by atoms with Crippen LogP contribution < -0.4 is 11.2 Å². The molecule has 0 spiro atoms. The van der Waals surface area contributed by atoms with Crippen molar-refractivity contribution < 1.29 is 0 Å². The number of thioether (sulfide) groups is 2. The number of benzene rings is 1. The molecule has 0 aliphatic carbocycles. The van der Waals surface area contributed by atoms with Crippen LogP contribution in [0, 0.1) is 11.3 Å². The minimum Gasteiger partial charge on any atom is -0.383 e. The molecule has 21 heavy (non-hydrogen) atoms. The highest BCUT2D eigenvalue weighted by atomic mass is 35.5. The quantitative estimate of drug-likeness (QED) is 0.832. The fourth-order valence-corrected chi connectivity index (χ4v) is 3.30. The number of aromatic nitrogens is 3. The highest BCUT2D eigenvalue weighted by Crippen LogP contribution is 2.31. The first-order valence-corrected chi connectivity index (χ1v) is 8.03. The van der Waals surface area contributed by atoms with Crippen LogP contribution in [0.25, 0.3) is 0 Å². The summed E-state index contributed by atoms with van der Waals surface area (Å²) in [6.07, 6.45) is 0. The van der Waals surface area contributed by atoms with Crippen LogP contribution in [-0.2, 0) is 5.75 Å². The summed E-state index contributed by atoms with van der Waals surface area (Å²) < 4.78 is 1.70. The SMILES string of the molecule is N#CC1=C(N)Nn2c(CSc3ccc(Cl)cc3)nnc2S1. The van der Waals surface area contributed by atoms with Gasteiger partial charge in [-0.2, -0.15) is 5.26 Å². The van der Waals surface area contributed by atoms with Crippen molar-refractivity contribution in [2.75, 3.05) is 5.43 Å². The van der Waals surface area contributed by atoms with Gasteiger partial charge in [0.2, 0.25) is 5.16 Å². The Morgan fingerprint density at radius 2 is 2.14 bits per heavy atom. The third-order valence-electron chi connectivity index (χ3n) is 2.65. The fourth-order valence-electron chi connectivity index (χ4n) is 1.65. The van der Waals surface area contributed by atoms with Crippen molar-refractivity contribution in [3.63, 3.8) is 0 Å². The zero-order valence-corrected chi connectivity index (χ0v) is 13.0. The first-order valence-electron chi connectivity index (χ1n) is 5.85. The molecule has 2 heterocycles. The van der Waals surface area contributed by atoms with Gasteiger partial charge in [-0.1, -0.05) is 11.6 Å². The van der Waals surface area contributed by atoms with E-state index in [-0.39, 0.29) is 0 Å². The Hall–Kier alpha value is -1.82. The first kappa shape index (κ1) is 14.1. The molecule has 0 amide bonds. The lowest BCUT2D eigenvalue weighted by Gasteiger charge is -2.17. The molecule has 0 atom stereocenters. The molecule has 6 nitrogen and oxygen atoms in total. The van der Waals surface area contributed by atoms with Gasteiger partial charge in [-0.25, -0.2) is 4.68 Å². The Morgan fingerprint density at radius 1 is 1.38 bits per heavy atom. The Bertz CT molecular complexity index is 746. The molecule has 0 saturated carbocycles. The zero-order valence-electron chi connectivity index (χ0n) is 10.6. The minimum atomic E-state index is 0.313. The summed E-state index contributed by atoms with van der Waals surface area (Å²) in [6, 6.07) is 9.61. The van der Waals surface area contributed by atoms with E-state index in [1.165, 1.54) is 11.8 Å². The molecule has 3 rings (SSSR count). The second kappa shape index (κ2) is 5.89. The van der Waals surface area contributed by atoms with Crippen molar-refractivity contribution in [2.24, 2.45) is 5.73 Å². The number of halogens is 1. The maximum absolute atomic E-state index is 8.95. The van der Waals surface area contributed by atoms with E-state index in [1.807, 2.05) is 30.3 Å². The fraction of sp³-hybridized carbons (Fsp3) is 0.0833. The third-order valence-corrected chi connectivity index (χ3v) is 4.88. The molecule has 0 radical (unpaired) electrons. The smallest absolute Gasteiger partial charge is 0.216 e. The molecule has 0 saturated heterocycles. The van der Waals surface area contributed by atoms with E-state index in [2.05, 4.69) is 15.6 Å². The summed E-state index contributed by atoms with van der Waals surface area (Å²) in [7, 11) is 0. The van der Waals surface area contributed by atoms with E-state index < -0.39 is 0 Å². The van der Waals surface area contributed by atoms with Gasteiger partial charge in [-0.05, 0) is 36.0 Å². The monoisotopic (exact) mass is 336 g/mol. The summed E-state index contributed by atoms with van der Waals surface area (Å²) in [5.41, 5.74) is 8.71. The second-order valence-electron chi connectivity index (χ2n) is 4.05. The van der Waals surface area contributed by atoms with E-state index in [0.29, 0.717) is 26.7 Å². The predicted molar refractivity (Wildman–Crippen MR) is 83.1 cm³/mol. The van der Waals surface area contributed by atoms with Crippen molar-refractivity contribution in [1.29, 1.82) is 5.26 Å². The van der Waals surface area contributed by atoms with E-state index in [9.17, 15) is 0 Å². The summed E-state index contributed by atoms with van der Waals surface area (Å²) >= 11 is 8.67. The number of hydrogen-bond acceptors (Lipinski definition) is 7. The number of nitrogens with zero attached hydrogens (tertiary/aromatic N) is 4. The molecule has 2 aromatic rings. The van der Waals surface area contributed by atoms with Crippen LogP contribution >= 0.6 is 35.1 Å². The van der Waals surface area contributed by atoms with Crippen LogP contribution in [0.1, 0.15) is 5.82 Å². The third kappa shape index (κ3) is 2.95. The number of nitriles is 1. The molecule has 9 heteroatoms. The van der Waals surface area contributed by atoms with Crippen molar-refractivity contribution in [3.8, 4) is 6.07 Å². The predicted octanol–water partition coefficient (Wildman–Crippen LogP) is 2.52. The normalized spacial score (nSPS) is 13.5. The summed E-state index contributed by atoms with van der Waals surface area (Å²) in [4.78, 5) is 1.48. The summed E-state index contributed by atoms with van der Waals surface area (Å²) in [5, 5.41) is 18.4. The lowest BCUT2D eigenvalue weighted by atomic mass is 10.4. The number of nitrogens with two attached hydrogens (primary N) is 1. The van der Waals surface area contributed by atoms with Crippen molar-refractivity contribution >= 4 is 35.1 Å². The minimum absolute atomic E-state index is 0.313. The highest BCUT2D eigenvalue weighted by Gasteiger charge is 2.21. The van der Waals surface area contributed by atoms with Gasteiger partial charge < -0.3 is 5.73 Å². The van der Waals surface area contributed by atoms with Crippen LogP contribution in [0.3, 0.4) is 0 Å². The van der Waals surface area contributed by atoms with Crippen LogP contribution in [0.5, 0.6) is 0 Å². The molecule has 1 aliphatic heterocycles. The number of fused-ring (bicyclic) bond motifs is 1. The molecule has 0 unspecified atom stereocenters. The Morgan fingerprint density at radius 3 is 2.86 bits per heavy atom. The van der Waals surface area contributed by atoms with Crippen LogP contribution in [0.15, 0.2) is 45.0 Å². The van der Waals surface area contributed by atoms with Gasteiger partial charge in [-0.3, -0.25) is 5.43 Å². The van der Waals surface area contributed by atoms with Gasteiger partial charge in [0.1, 0.15) is 16.8 Å². The molecule has 1 aliphatic rings. The van der Waals surface area contributed by atoms with Gasteiger partial charge in [0.15, 0.2) is 5.82 Å². The topological polar surface area (TPSA) is 92.6 Å². The summed E-state index contributed by atoms with van der Waals surface area (Å²) in [5.74, 6) is 1.67. The van der Waals surface area contributed by atoms with E-state index in [1.54, 1.807) is 16.4 Å². The number of hydrogen-bond donors (Lipinski definition) is 2. The molecule has 0 bridgehead atoms. The molecule has 3 N–H and O–H groups in total. The van der Waals surface area contributed by atoms with Crippen LogP contribution in [0.4, 0.5) is 0 Å². The summed E-state index contributed by atoms with van der Waals surface area (Å²) in [6.45, 7) is 0. The van der Waals surface area contributed by atoms with E-state index >= 15 is 0 Å². The lowest BCUT2D eigenvalue weighted by molar-refractivity contribution is 0.763. The second-order valence-corrected chi connectivity index (χ2v) is 6.51. The van der Waals surface area contributed by atoms with Crippen molar-refractivity contribution in [1.82, 2.24) is 14.9 Å². The van der Waals surface area contributed by atoms with Crippen molar-refractivity contribution in [2.45, 2.75) is 15.8 Å². The van der Waals surface area contributed by atoms with Gasteiger partial charge >= 0.3 is 0 Å². The van der Waals surface area contributed by atoms with Gasteiger partial charge in [0, 0.05) is 9.92 Å². The number of allylic oxidation sites excluding steroid dienone is 1. The van der Waals surface area contributed by atoms with Crippen molar-refractivity contribution in [3.05, 3.63) is 45.8 Å². The maximum Gasteiger partial charge on any atom is 0.216 e. The molecule has 106 valence electrons. The Labute approximate surface area is 134 Å². The zero-order chi connectivity index (χ0) is 14.8. The maximum atomic E-state index is 8.95. The average molecular weight is 337 g/mol. The molecular formula is C12H9ClN6S2. The Balaban J connectivity index is 1.74. The van der Waals surface area contributed by atoms with Gasteiger partial charge in [0.25, 0.3) is 0 Å². The lowest BCUT2D eigenvalue weighted by Crippen LogP contribution is -2.26. The molecular weight excluding hydrogens is 328 g/mol. The van der Waals surface area contributed by atoms with Gasteiger partial charge in [0.05, 0.1) is 5.75 Å². The van der Waals surface area contributed by atoms with E-state index in [4.69, 9.17) is 22.6 Å². The molecule has 1 aromatic carbocycles. The average Bonchev–Trinajstić information content (AvgIpc) is 2.88. The van der Waals surface area contributed by atoms with Gasteiger partial charge in [-0.15, -0.1) is 22.0 Å². The molecule has 0 fully saturated rings. The highest BCUT2D eigenvalue weighted by molar-refractivity contribution is 8.03. The van der Waals surface area contributed by atoms with Crippen LogP contribution in [-0.4, -0.2) is 14.9 Å². The number of nitrogens with one attached hydrogen (secondary N) is 1.